The topological polar surface area (TPSA) is 87.4 Å². The standard InChI is InChI=1S/C20H18N2O5S2/c1-12(2)22-17-9-8-13(10-18(17)28-20(22)24)29(25,26)21-11-15(19(23)27-3)14-6-4-5-7-16(14)21/h4-12H,1-3H3. The number of benzene rings is 2. The predicted molar refractivity (Wildman–Crippen MR) is 112 cm³/mol. The van der Waals surface area contributed by atoms with Gasteiger partial charge in [0.25, 0.3) is 10.0 Å². The van der Waals surface area contributed by atoms with Crippen LogP contribution < -0.4 is 4.87 Å². The van der Waals surface area contributed by atoms with Crippen molar-refractivity contribution in [3.63, 3.8) is 0 Å². The molecule has 0 saturated heterocycles. The number of fused-ring (bicyclic) bond motifs is 2. The molecule has 0 aliphatic carbocycles. The molecule has 0 fully saturated rings. The number of nitrogens with zero attached hydrogens (tertiary/aromatic N) is 2. The first-order valence-electron chi connectivity index (χ1n) is 8.84. The molecule has 2 heterocycles. The zero-order valence-electron chi connectivity index (χ0n) is 15.9. The summed E-state index contributed by atoms with van der Waals surface area (Å²) in [6.07, 6.45) is 1.28. The molecule has 0 amide bonds. The monoisotopic (exact) mass is 430 g/mol. The third-order valence-corrected chi connectivity index (χ3v) is 7.33. The largest absolute Gasteiger partial charge is 0.465 e. The highest BCUT2D eigenvalue weighted by molar-refractivity contribution is 7.90. The smallest absolute Gasteiger partial charge is 0.340 e. The van der Waals surface area contributed by atoms with E-state index in [1.807, 2.05) is 13.8 Å². The number of ether oxygens (including phenoxy) is 1. The summed E-state index contributed by atoms with van der Waals surface area (Å²) in [5.41, 5.74) is 1.24. The van der Waals surface area contributed by atoms with E-state index < -0.39 is 16.0 Å². The molecular weight excluding hydrogens is 412 g/mol. The summed E-state index contributed by atoms with van der Waals surface area (Å²) in [5.74, 6) is -0.613. The van der Waals surface area contributed by atoms with Crippen LogP contribution in [-0.2, 0) is 14.8 Å². The van der Waals surface area contributed by atoms with Gasteiger partial charge in [-0.05, 0) is 38.1 Å². The van der Waals surface area contributed by atoms with E-state index in [1.54, 1.807) is 34.9 Å². The van der Waals surface area contributed by atoms with Gasteiger partial charge in [-0.1, -0.05) is 29.5 Å². The van der Waals surface area contributed by atoms with Crippen molar-refractivity contribution < 1.29 is 17.9 Å². The third-order valence-electron chi connectivity index (χ3n) is 4.74. The molecule has 150 valence electrons. The summed E-state index contributed by atoms with van der Waals surface area (Å²) < 4.78 is 34.8. The van der Waals surface area contributed by atoms with Crippen LogP contribution in [0.2, 0.25) is 0 Å². The van der Waals surface area contributed by atoms with E-state index in [2.05, 4.69) is 0 Å². The van der Waals surface area contributed by atoms with E-state index in [-0.39, 0.29) is 21.4 Å². The van der Waals surface area contributed by atoms with E-state index in [0.717, 1.165) is 15.3 Å². The molecule has 0 N–H and O–H groups in total. The van der Waals surface area contributed by atoms with Crippen LogP contribution in [0.25, 0.3) is 21.1 Å². The molecule has 29 heavy (non-hydrogen) atoms. The molecule has 0 radical (unpaired) electrons. The second-order valence-electron chi connectivity index (χ2n) is 6.81. The van der Waals surface area contributed by atoms with Crippen molar-refractivity contribution in [2.45, 2.75) is 24.8 Å². The van der Waals surface area contributed by atoms with Gasteiger partial charge in [0.15, 0.2) is 0 Å². The summed E-state index contributed by atoms with van der Waals surface area (Å²) in [6.45, 7) is 3.80. The fraction of sp³-hybridized carbons (Fsp3) is 0.200. The Morgan fingerprint density at radius 2 is 1.83 bits per heavy atom. The lowest BCUT2D eigenvalue weighted by molar-refractivity contribution is 0.0603. The lowest BCUT2D eigenvalue weighted by Gasteiger charge is -2.09. The van der Waals surface area contributed by atoms with Gasteiger partial charge in [0, 0.05) is 17.6 Å². The molecule has 0 bridgehead atoms. The van der Waals surface area contributed by atoms with Crippen LogP contribution in [0.4, 0.5) is 0 Å². The zero-order valence-corrected chi connectivity index (χ0v) is 17.6. The van der Waals surface area contributed by atoms with Crippen LogP contribution in [0.15, 0.2) is 58.4 Å². The second kappa shape index (κ2) is 6.85. The van der Waals surface area contributed by atoms with E-state index in [1.165, 1.54) is 25.4 Å². The lowest BCUT2D eigenvalue weighted by Crippen LogP contribution is -2.15. The fourth-order valence-corrected chi connectivity index (χ4v) is 5.92. The van der Waals surface area contributed by atoms with Gasteiger partial charge >= 0.3 is 10.8 Å². The van der Waals surface area contributed by atoms with Gasteiger partial charge < -0.3 is 4.74 Å². The number of aromatic nitrogens is 2. The van der Waals surface area contributed by atoms with E-state index in [0.29, 0.717) is 21.1 Å². The minimum atomic E-state index is -4.00. The summed E-state index contributed by atoms with van der Waals surface area (Å²) in [4.78, 5) is 24.3. The molecule has 9 heteroatoms. The van der Waals surface area contributed by atoms with Crippen molar-refractivity contribution in [1.82, 2.24) is 8.54 Å². The highest BCUT2D eigenvalue weighted by Gasteiger charge is 2.25. The predicted octanol–water partition coefficient (Wildman–Crippen LogP) is 3.62. The second-order valence-corrected chi connectivity index (χ2v) is 9.62. The van der Waals surface area contributed by atoms with Crippen LogP contribution in [0, 0.1) is 0 Å². The highest BCUT2D eigenvalue weighted by Crippen LogP contribution is 2.29. The van der Waals surface area contributed by atoms with Crippen LogP contribution in [0.1, 0.15) is 30.2 Å². The Morgan fingerprint density at radius 3 is 2.52 bits per heavy atom. The Balaban J connectivity index is 1.94. The maximum Gasteiger partial charge on any atom is 0.340 e. The van der Waals surface area contributed by atoms with Crippen LogP contribution in [-0.4, -0.2) is 30.0 Å². The number of carbonyl (C=O) groups is 1. The van der Waals surface area contributed by atoms with Crippen molar-refractivity contribution in [2.24, 2.45) is 0 Å². The number of carbonyl (C=O) groups excluding carboxylic acids is 1. The average Bonchev–Trinajstić information content (AvgIpc) is 3.24. The van der Waals surface area contributed by atoms with Crippen molar-refractivity contribution in [2.75, 3.05) is 7.11 Å². The first-order valence-corrected chi connectivity index (χ1v) is 11.1. The lowest BCUT2D eigenvalue weighted by atomic mass is 10.2. The van der Waals surface area contributed by atoms with Crippen LogP contribution in [0.5, 0.6) is 0 Å². The molecule has 0 aliphatic rings. The maximum atomic E-state index is 13.4. The third kappa shape index (κ3) is 2.97. The van der Waals surface area contributed by atoms with Gasteiger partial charge in [-0.15, -0.1) is 0 Å². The van der Waals surface area contributed by atoms with Gasteiger partial charge in [-0.3, -0.25) is 9.36 Å². The average molecular weight is 431 g/mol. The molecule has 0 spiro atoms. The number of thiazole rings is 1. The number of methoxy groups -OCH3 is 1. The number of hydrogen-bond acceptors (Lipinski definition) is 6. The van der Waals surface area contributed by atoms with Gasteiger partial charge in [-0.2, -0.15) is 0 Å². The van der Waals surface area contributed by atoms with Crippen LogP contribution in [0.3, 0.4) is 0 Å². The Hall–Kier alpha value is -2.91. The number of hydrogen-bond donors (Lipinski definition) is 0. The van der Waals surface area contributed by atoms with E-state index >= 15 is 0 Å². The maximum absolute atomic E-state index is 13.4. The first kappa shape index (κ1) is 19.4. The number of rotatable bonds is 4. The molecule has 0 aliphatic heterocycles. The van der Waals surface area contributed by atoms with Gasteiger partial charge in [0.05, 0.1) is 33.3 Å². The fourth-order valence-electron chi connectivity index (χ4n) is 3.40. The molecule has 2 aromatic heterocycles. The zero-order chi connectivity index (χ0) is 20.9. The van der Waals surface area contributed by atoms with Gasteiger partial charge in [-0.25, -0.2) is 17.2 Å². The van der Waals surface area contributed by atoms with Crippen LogP contribution >= 0.6 is 11.3 Å². The molecule has 0 atom stereocenters. The summed E-state index contributed by atoms with van der Waals surface area (Å²) >= 11 is 1.01. The number of esters is 1. The Labute approximate surface area is 170 Å². The Morgan fingerprint density at radius 1 is 1.10 bits per heavy atom. The van der Waals surface area contributed by atoms with Gasteiger partial charge in [0.2, 0.25) is 0 Å². The summed E-state index contributed by atoms with van der Waals surface area (Å²) in [7, 11) is -2.75. The molecule has 2 aromatic carbocycles. The van der Waals surface area contributed by atoms with Crippen molar-refractivity contribution in [3.05, 3.63) is 63.9 Å². The Bertz CT molecular complexity index is 1420. The molecular formula is C20H18N2O5S2. The molecule has 4 rings (SSSR count). The minimum Gasteiger partial charge on any atom is -0.465 e. The number of para-hydroxylation sites is 1. The molecule has 4 aromatic rings. The summed E-state index contributed by atoms with van der Waals surface area (Å²) in [5, 5.41) is 0.486. The highest BCUT2D eigenvalue weighted by atomic mass is 32.2. The quantitative estimate of drug-likeness (QED) is 0.462. The van der Waals surface area contributed by atoms with Crippen molar-refractivity contribution in [1.29, 1.82) is 0 Å². The van der Waals surface area contributed by atoms with E-state index in [4.69, 9.17) is 4.74 Å². The first-order chi connectivity index (χ1) is 13.8. The van der Waals surface area contributed by atoms with Gasteiger partial charge in [0.1, 0.15) is 0 Å². The normalized spacial score (nSPS) is 12.1. The minimum absolute atomic E-state index is 0.0327. The van der Waals surface area contributed by atoms with Crippen molar-refractivity contribution in [3.8, 4) is 0 Å². The van der Waals surface area contributed by atoms with Crippen molar-refractivity contribution >= 4 is 48.4 Å². The molecule has 0 saturated carbocycles. The molecule has 0 unspecified atom stereocenters. The summed E-state index contributed by atoms with van der Waals surface area (Å²) in [6, 6.07) is 11.3. The molecule has 7 nitrogen and oxygen atoms in total. The van der Waals surface area contributed by atoms with E-state index in [9.17, 15) is 18.0 Å². The Kier molecular flexibility index (Phi) is 4.59. The SMILES string of the molecule is COC(=O)c1cn(S(=O)(=O)c2ccc3c(c2)sc(=O)n3C(C)C)c2ccccc12.